The van der Waals surface area contributed by atoms with Crippen LogP contribution in [0.2, 0.25) is 0 Å². The molecule has 1 unspecified atom stereocenters. The number of amides is 1. The molecule has 1 fully saturated rings. The first kappa shape index (κ1) is 14.0. The third-order valence-corrected chi connectivity index (χ3v) is 3.98. The van der Waals surface area contributed by atoms with Gasteiger partial charge in [-0.2, -0.15) is 0 Å². The molecule has 1 aliphatic heterocycles. The second-order valence-electron chi connectivity index (χ2n) is 4.63. The van der Waals surface area contributed by atoms with Crippen molar-refractivity contribution in [3.8, 4) is 0 Å². The zero-order valence-electron chi connectivity index (χ0n) is 10.3. The SMILES string of the molecule is NS(=O)(=O)CC1CCCN1C(=O)c1cccc(F)c1. The number of nitrogens with zero attached hydrogens (tertiary/aromatic N) is 1. The lowest BCUT2D eigenvalue weighted by Gasteiger charge is -2.24. The highest BCUT2D eigenvalue weighted by molar-refractivity contribution is 7.89. The topological polar surface area (TPSA) is 80.5 Å². The molecule has 1 aromatic carbocycles. The Morgan fingerprint density at radius 1 is 1.47 bits per heavy atom. The van der Waals surface area contributed by atoms with Crippen molar-refractivity contribution >= 4 is 15.9 Å². The molecule has 104 valence electrons. The van der Waals surface area contributed by atoms with E-state index in [9.17, 15) is 17.6 Å². The van der Waals surface area contributed by atoms with Gasteiger partial charge in [-0.25, -0.2) is 17.9 Å². The van der Waals surface area contributed by atoms with Crippen molar-refractivity contribution in [2.75, 3.05) is 12.3 Å². The number of halogens is 1. The molecule has 5 nitrogen and oxygen atoms in total. The largest absolute Gasteiger partial charge is 0.335 e. The third-order valence-electron chi connectivity index (χ3n) is 3.13. The number of nitrogens with two attached hydrogens (primary N) is 1. The molecule has 2 rings (SSSR count). The van der Waals surface area contributed by atoms with E-state index < -0.39 is 21.9 Å². The van der Waals surface area contributed by atoms with Gasteiger partial charge in [-0.3, -0.25) is 4.79 Å². The van der Waals surface area contributed by atoms with E-state index in [2.05, 4.69) is 0 Å². The van der Waals surface area contributed by atoms with E-state index >= 15 is 0 Å². The Kier molecular flexibility index (Phi) is 3.86. The Labute approximate surface area is 111 Å². The van der Waals surface area contributed by atoms with Gasteiger partial charge in [0.2, 0.25) is 10.0 Å². The van der Waals surface area contributed by atoms with E-state index in [1.165, 1.54) is 23.1 Å². The monoisotopic (exact) mass is 286 g/mol. The predicted molar refractivity (Wildman–Crippen MR) is 68.4 cm³/mol. The molecule has 1 amide bonds. The maximum absolute atomic E-state index is 13.1. The van der Waals surface area contributed by atoms with Crippen molar-refractivity contribution in [3.05, 3.63) is 35.6 Å². The average Bonchev–Trinajstić information content (AvgIpc) is 2.73. The number of rotatable bonds is 3. The van der Waals surface area contributed by atoms with Crippen LogP contribution in [0.3, 0.4) is 0 Å². The highest BCUT2D eigenvalue weighted by Crippen LogP contribution is 2.21. The number of benzene rings is 1. The van der Waals surface area contributed by atoms with E-state index in [0.717, 1.165) is 12.5 Å². The predicted octanol–water partition coefficient (Wildman–Crippen LogP) is 0.719. The molecule has 1 aliphatic rings. The quantitative estimate of drug-likeness (QED) is 0.889. The van der Waals surface area contributed by atoms with E-state index in [1.807, 2.05) is 0 Å². The van der Waals surface area contributed by atoms with Crippen LogP contribution in [0.5, 0.6) is 0 Å². The molecule has 1 atom stereocenters. The van der Waals surface area contributed by atoms with Crippen LogP contribution in [0.4, 0.5) is 4.39 Å². The minimum absolute atomic E-state index is 0.223. The van der Waals surface area contributed by atoms with Gasteiger partial charge in [0.1, 0.15) is 5.82 Å². The van der Waals surface area contributed by atoms with E-state index in [0.29, 0.717) is 13.0 Å². The smallest absolute Gasteiger partial charge is 0.254 e. The van der Waals surface area contributed by atoms with Crippen molar-refractivity contribution in [2.24, 2.45) is 5.14 Å². The molecule has 0 saturated carbocycles. The summed E-state index contributed by atoms with van der Waals surface area (Å²) >= 11 is 0. The lowest BCUT2D eigenvalue weighted by molar-refractivity contribution is 0.0748. The lowest BCUT2D eigenvalue weighted by atomic mass is 10.2. The summed E-state index contributed by atoms with van der Waals surface area (Å²) in [5, 5.41) is 5.01. The van der Waals surface area contributed by atoms with Crippen molar-refractivity contribution < 1.29 is 17.6 Å². The van der Waals surface area contributed by atoms with Gasteiger partial charge < -0.3 is 4.90 Å². The summed E-state index contributed by atoms with van der Waals surface area (Å²) in [5.74, 6) is -1.10. The molecule has 1 saturated heterocycles. The maximum Gasteiger partial charge on any atom is 0.254 e. The highest BCUT2D eigenvalue weighted by Gasteiger charge is 2.31. The molecular formula is C12H15FN2O3S. The lowest BCUT2D eigenvalue weighted by Crippen LogP contribution is -2.41. The van der Waals surface area contributed by atoms with Gasteiger partial charge in [0.25, 0.3) is 5.91 Å². The minimum atomic E-state index is -3.63. The van der Waals surface area contributed by atoms with Crippen LogP contribution >= 0.6 is 0 Å². The standard InChI is InChI=1S/C12H15FN2O3S/c13-10-4-1-3-9(7-10)12(16)15-6-2-5-11(15)8-19(14,17)18/h1,3-4,7,11H,2,5-6,8H2,(H2,14,17,18). The van der Waals surface area contributed by atoms with Gasteiger partial charge in [-0.05, 0) is 31.0 Å². The normalized spacial score (nSPS) is 19.7. The number of likely N-dealkylation sites (tertiary alicyclic amines) is 1. The number of sulfonamides is 1. The first-order valence-corrected chi connectivity index (χ1v) is 7.65. The van der Waals surface area contributed by atoms with Gasteiger partial charge in [0.05, 0.1) is 5.75 Å². The molecule has 0 radical (unpaired) electrons. The van der Waals surface area contributed by atoms with Crippen LogP contribution in [0.15, 0.2) is 24.3 Å². The Morgan fingerprint density at radius 3 is 2.84 bits per heavy atom. The van der Waals surface area contributed by atoms with Crippen LogP contribution in [0, 0.1) is 5.82 Å². The van der Waals surface area contributed by atoms with Crippen molar-refractivity contribution in [3.63, 3.8) is 0 Å². The van der Waals surface area contributed by atoms with Crippen LogP contribution in [0.1, 0.15) is 23.2 Å². The van der Waals surface area contributed by atoms with Gasteiger partial charge in [0, 0.05) is 18.2 Å². The Morgan fingerprint density at radius 2 is 2.21 bits per heavy atom. The fourth-order valence-corrected chi connectivity index (χ4v) is 3.21. The Balaban J connectivity index is 2.18. The number of hydrogen-bond donors (Lipinski definition) is 1. The number of carbonyl (C=O) groups is 1. The molecule has 1 heterocycles. The van der Waals surface area contributed by atoms with Crippen molar-refractivity contribution in [1.29, 1.82) is 0 Å². The van der Waals surface area contributed by atoms with E-state index in [1.54, 1.807) is 0 Å². The van der Waals surface area contributed by atoms with Gasteiger partial charge >= 0.3 is 0 Å². The summed E-state index contributed by atoms with van der Waals surface area (Å²) in [6, 6.07) is 4.94. The third kappa shape index (κ3) is 3.51. The fraction of sp³-hybridized carbons (Fsp3) is 0.417. The molecule has 7 heteroatoms. The van der Waals surface area contributed by atoms with Crippen LogP contribution in [-0.4, -0.2) is 37.6 Å². The Hall–Kier alpha value is -1.47. The van der Waals surface area contributed by atoms with Crippen molar-refractivity contribution in [1.82, 2.24) is 4.90 Å². The second-order valence-corrected chi connectivity index (χ2v) is 6.29. The van der Waals surface area contributed by atoms with E-state index in [4.69, 9.17) is 5.14 Å². The highest BCUT2D eigenvalue weighted by atomic mass is 32.2. The maximum atomic E-state index is 13.1. The molecular weight excluding hydrogens is 271 g/mol. The summed E-state index contributed by atoms with van der Waals surface area (Å²) in [4.78, 5) is 13.7. The summed E-state index contributed by atoms with van der Waals surface area (Å²) in [6.07, 6.45) is 1.32. The molecule has 0 aromatic heterocycles. The molecule has 19 heavy (non-hydrogen) atoms. The fourth-order valence-electron chi connectivity index (χ4n) is 2.33. The minimum Gasteiger partial charge on any atom is -0.335 e. The zero-order valence-corrected chi connectivity index (χ0v) is 11.1. The zero-order chi connectivity index (χ0) is 14.0. The molecule has 2 N–H and O–H groups in total. The summed E-state index contributed by atoms with van der Waals surface area (Å²) in [5.41, 5.74) is 0.223. The number of primary sulfonamides is 1. The van der Waals surface area contributed by atoms with Crippen molar-refractivity contribution in [2.45, 2.75) is 18.9 Å². The van der Waals surface area contributed by atoms with Gasteiger partial charge in [-0.1, -0.05) is 6.07 Å². The summed E-state index contributed by atoms with van der Waals surface area (Å²) in [7, 11) is -3.63. The second kappa shape index (κ2) is 5.26. The molecule has 0 aliphatic carbocycles. The van der Waals surface area contributed by atoms with Gasteiger partial charge in [0.15, 0.2) is 0 Å². The molecule has 1 aromatic rings. The van der Waals surface area contributed by atoms with Crippen LogP contribution < -0.4 is 5.14 Å². The van der Waals surface area contributed by atoms with Crippen LogP contribution in [-0.2, 0) is 10.0 Å². The summed E-state index contributed by atoms with van der Waals surface area (Å²) < 4.78 is 35.3. The molecule has 0 spiro atoms. The van der Waals surface area contributed by atoms with Gasteiger partial charge in [-0.15, -0.1) is 0 Å². The number of hydrogen-bond acceptors (Lipinski definition) is 3. The van der Waals surface area contributed by atoms with E-state index in [-0.39, 0.29) is 17.2 Å². The first-order valence-electron chi connectivity index (χ1n) is 5.94. The number of carbonyl (C=O) groups excluding carboxylic acids is 1. The Bertz CT molecular complexity index is 588. The average molecular weight is 286 g/mol. The van der Waals surface area contributed by atoms with Crippen LogP contribution in [0.25, 0.3) is 0 Å². The first-order chi connectivity index (χ1) is 8.87. The molecule has 0 bridgehead atoms. The summed E-state index contributed by atoms with van der Waals surface area (Å²) in [6.45, 7) is 0.468.